The third-order valence-corrected chi connectivity index (χ3v) is 4.84. The Bertz CT molecular complexity index is 344. The number of carboxylic acids is 1. The summed E-state index contributed by atoms with van der Waals surface area (Å²) < 4.78 is 0. The lowest BCUT2D eigenvalue weighted by molar-refractivity contribution is -0.137. The van der Waals surface area contributed by atoms with Gasteiger partial charge in [-0.2, -0.15) is 0 Å². The molecule has 0 aliphatic rings. The Kier molecular flexibility index (Phi) is 21.1. The molecule has 0 radical (unpaired) electrons. The first-order valence-electron chi connectivity index (χ1n) is 11.3. The number of carbonyl (C=O) groups is 1. The minimum Gasteiger partial charge on any atom is -0.481 e. The van der Waals surface area contributed by atoms with Crippen LogP contribution in [-0.4, -0.2) is 11.1 Å². The fourth-order valence-corrected chi connectivity index (χ4v) is 3.15. The van der Waals surface area contributed by atoms with E-state index in [1.165, 1.54) is 89.9 Å². The van der Waals surface area contributed by atoms with E-state index in [1.54, 1.807) is 0 Å². The largest absolute Gasteiger partial charge is 0.481 e. The van der Waals surface area contributed by atoms with Gasteiger partial charge in [0.15, 0.2) is 0 Å². The zero-order valence-corrected chi connectivity index (χ0v) is 17.4. The molecule has 2 nitrogen and oxygen atoms in total. The van der Waals surface area contributed by atoms with E-state index in [2.05, 4.69) is 31.2 Å². The monoisotopic (exact) mass is 364 g/mol. The summed E-state index contributed by atoms with van der Waals surface area (Å²) in [6.07, 6.45) is 31.1. The summed E-state index contributed by atoms with van der Waals surface area (Å²) >= 11 is 0. The molecule has 0 amide bonds. The predicted molar refractivity (Wildman–Crippen MR) is 115 cm³/mol. The molecule has 0 saturated carbocycles. The van der Waals surface area contributed by atoms with Crippen LogP contribution in [0.25, 0.3) is 0 Å². The van der Waals surface area contributed by atoms with Gasteiger partial charge in [0.25, 0.3) is 0 Å². The molecular formula is C24H44O2. The van der Waals surface area contributed by atoms with Gasteiger partial charge in [0, 0.05) is 6.42 Å². The van der Waals surface area contributed by atoms with E-state index in [4.69, 9.17) is 5.11 Å². The fraction of sp³-hybridized carbons (Fsp3) is 0.792. The number of rotatable bonds is 20. The molecule has 0 rings (SSSR count). The van der Waals surface area contributed by atoms with Gasteiger partial charge in [-0.15, -0.1) is 0 Å². The van der Waals surface area contributed by atoms with Crippen LogP contribution >= 0.6 is 0 Å². The second kappa shape index (κ2) is 22.0. The smallest absolute Gasteiger partial charge is 0.303 e. The van der Waals surface area contributed by atoms with Gasteiger partial charge >= 0.3 is 5.97 Å². The first-order chi connectivity index (χ1) is 12.8. The van der Waals surface area contributed by atoms with Crippen molar-refractivity contribution in [2.24, 2.45) is 0 Å². The lowest BCUT2D eigenvalue weighted by atomic mass is 10.1. The molecule has 0 unspecified atom stereocenters. The van der Waals surface area contributed by atoms with Crippen LogP contribution in [0.15, 0.2) is 24.3 Å². The first-order valence-corrected chi connectivity index (χ1v) is 11.3. The summed E-state index contributed by atoms with van der Waals surface area (Å²) in [7, 11) is 0. The van der Waals surface area contributed by atoms with Crippen molar-refractivity contribution in [2.75, 3.05) is 0 Å². The number of hydrogen-bond donors (Lipinski definition) is 1. The van der Waals surface area contributed by atoms with Crippen molar-refractivity contribution in [3.8, 4) is 0 Å². The fourth-order valence-electron chi connectivity index (χ4n) is 3.15. The van der Waals surface area contributed by atoms with Crippen LogP contribution in [0.5, 0.6) is 0 Å². The highest BCUT2D eigenvalue weighted by Crippen LogP contribution is 2.11. The second-order valence-corrected chi connectivity index (χ2v) is 7.50. The van der Waals surface area contributed by atoms with Crippen molar-refractivity contribution in [2.45, 2.75) is 122 Å². The van der Waals surface area contributed by atoms with Crippen LogP contribution < -0.4 is 0 Å². The van der Waals surface area contributed by atoms with Crippen molar-refractivity contribution >= 4 is 5.97 Å². The molecule has 2 heteroatoms. The van der Waals surface area contributed by atoms with Crippen LogP contribution in [0.1, 0.15) is 122 Å². The Labute approximate surface area is 163 Å². The predicted octanol–water partition coefficient (Wildman–Crippen LogP) is 8.23. The highest BCUT2D eigenvalue weighted by atomic mass is 16.4. The molecule has 0 heterocycles. The minimum atomic E-state index is -0.659. The third kappa shape index (κ3) is 22.9. The van der Waals surface area contributed by atoms with E-state index in [0.29, 0.717) is 6.42 Å². The van der Waals surface area contributed by atoms with Crippen LogP contribution in [-0.2, 0) is 4.79 Å². The lowest BCUT2D eigenvalue weighted by Crippen LogP contribution is -1.93. The number of hydrogen-bond acceptors (Lipinski definition) is 1. The van der Waals surface area contributed by atoms with Crippen LogP contribution in [0.3, 0.4) is 0 Å². The number of allylic oxidation sites excluding steroid dienone is 4. The second-order valence-electron chi connectivity index (χ2n) is 7.50. The van der Waals surface area contributed by atoms with E-state index < -0.39 is 5.97 Å². The number of unbranched alkanes of at least 4 members (excludes halogenated alkanes) is 14. The number of aliphatic carboxylic acids is 1. The molecule has 26 heavy (non-hydrogen) atoms. The summed E-state index contributed by atoms with van der Waals surface area (Å²) in [5.41, 5.74) is 0. The van der Waals surface area contributed by atoms with Crippen LogP contribution in [0.2, 0.25) is 0 Å². The summed E-state index contributed by atoms with van der Waals surface area (Å²) in [6, 6.07) is 0. The molecule has 0 aromatic heterocycles. The molecule has 0 aliphatic carbocycles. The molecule has 0 fully saturated rings. The highest BCUT2D eigenvalue weighted by Gasteiger charge is 1.96. The summed E-state index contributed by atoms with van der Waals surface area (Å²) in [4.78, 5) is 10.4. The van der Waals surface area contributed by atoms with Crippen LogP contribution in [0, 0.1) is 0 Å². The van der Waals surface area contributed by atoms with Gasteiger partial charge in [0.05, 0.1) is 0 Å². The molecule has 0 saturated heterocycles. The molecule has 152 valence electrons. The molecule has 0 aromatic rings. The standard InChI is InChI=1S/C24H44O2/c1-2-3-4-5-6-7-8-9-10-11-12-13-14-15-16-17-18-19-20-21-22-23-24(25)26/h8-9,11-12H,2-7,10,13-23H2,1H3,(H,25,26)/b9-8-,12-11-. The Morgan fingerprint density at radius 2 is 1.04 bits per heavy atom. The minimum absolute atomic E-state index is 0.336. The van der Waals surface area contributed by atoms with Gasteiger partial charge < -0.3 is 5.11 Å². The van der Waals surface area contributed by atoms with Crippen molar-refractivity contribution in [1.29, 1.82) is 0 Å². The maximum atomic E-state index is 10.4. The summed E-state index contributed by atoms with van der Waals surface area (Å²) in [5.74, 6) is -0.659. The normalized spacial score (nSPS) is 11.7. The lowest BCUT2D eigenvalue weighted by Gasteiger charge is -2.01. The van der Waals surface area contributed by atoms with Gasteiger partial charge in [-0.25, -0.2) is 0 Å². The third-order valence-electron chi connectivity index (χ3n) is 4.84. The van der Waals surface area contributed by atoms with Crippen molar-refractivity contribution < 1.29 is 9.90 Å². The van der Waals surface area contributed by atoms with E-state index in [0.717, 1.165) is 19.3 Å². The zero-order chi connectivity index (χ0) is 19.1. The van der Waals surface area contributed by atoms with E-state index in [-0.39, 0.29) is 0 Å². The Morgan fingerprint density at radius 3 is 1.50 bits per heavy atom. The number of carboxylic acid groups (broad SMARTS) is 1. The molecule has 0 aliphatic heterocycles. The van der Waals surface area contributed by atoms with Gasteiger partial charge in [0.1, 0.15) is 0 Å². The Hall–Kier alpha value is -1.05. The zero-order valence-electron chi connectivity index (χ0n) is 17.4. The molecule has 0 aromatic carbocycles. The van der Waals surface area contributed by atoms with Crippen molar-refractivity contribution in [3.63, 3.8) is 0 Å². The average molecular weight is 365 g/mol. The van der Waals surface area contributed by atoms with Gasteiger partial charge in [-0.05, 0) is 38.5 Å². The molecule has 0 bridgehead atoms. The van der Waals surface area contributed by atoms with Gasteiger partial charge in [-0.1, -0.05) is 102 Å². The highest BCUT2D eigenvalue weighted by molar-refractivity contribution is 5.66. The average Bonchev–Trinajstić information content (AvgIpc) is 2.62. The molecule has 0 spiro atoms. The molecular weight excluding hydrogens is 320 g/mol. The summed E-state index contributed by atoms with van der Waals surface area (Å²) in [5, 5.41) is 8.56. The maximum absolute atomic E-state index is 10.4. The molecule has 1 N–H and O–H groups in total. The Balaban J connectivity index is 3.15. The molecule has 0 atom stereocenters. The van der Waals surface area contributed by atoms with Crippen molar-refractivity contribution in [1.82, 2.24) is 0 Å². The quantitative estimate of drug-likeness (QED) is 0.174. The topological polar surface area (TPSA) is 37.3 Å². The SMILES string of the molecule is CCCCCCC/C=C\C/C=C\CCCCCCCCCCCC(=O)O. The van der Waals surface area contributed by atoms with Gasteiger partial charge in [-0.3, -0.25) is 4.79 Å². The first kappa shape index (κ1) is 24.9. The van der Waals surface area contributed by atoms with E-state index >= 15 is 0 Å². The van der Waals surface area contributed by atoms with E-state index in [9.17, 15) is 4.79 Å². The maximum Gasteiger partial charge on any atom is 0.303 e. The summed E-state index contributed by atoms with van der Waals surface area (Å²) in [6.45, 7) is 2.27. The Morgan fingerprint density at radius 1 is 0.615 bits per heavy atom. The van der Waals surface area contributed by atoms with Crippen molar-refractivity contribution in [3.05, 3.63) is 24.3 Å². The van der Waals surface area contributed by atoms with E-state index in [1.807, 2.05) is 0 Å². The van der Waals surface area contributed by atoms with Crippen LogP contribution in [0.4, 0.5) is 0 Å². The van der Waals surface area contributed by atoms with Gasteiger partial charge in [0.2, 0.25) is 0 Å².